The van der Waals surface area contributed by atoms with Crippen molar-refractivity contribution in [2.45, 2.75) is 110 Å². The van der Waals surface area contributed by atoms with E-state index in [0.717, 1.165) is 61.2 Å². The Morgan fingerprint density at radius 1 is 0.571 bits per heavy atom. The van der Waals surface area contributed by atoms with E-state index in [4.69, 9.17) is 9.40 Å². The Bertz CT molecular complexity index is 3900. The van der Waals surface area contributed by atoms with Gasteiger partial charge in [0.1, 0.15) is 5.58 Å². The third-order valence-corrected chi connectivity index (χ3v) is 18.9. The molecule has 6 heteroatoms. The summed E-state index contributed by atoms with van der Waals surface area (Å²) in [6, 6.07) is 70.1. The number of aromatic nitrogens is 3. The van der Waals surface area contributed by atoms with Crippen molar-refractivity contribution in [2.24, 2.45) is 0 Å². The van der Waals surface area contributed by atoms with E-state index in [-0.39, 0.29) is 42.8 Å². The molecule has 2 bridgehead atoms. The minimum Gasteiger partial charge on any atom is -0.501 e. The van der Waals surface area contributed by atoms with Crippen LogP contribution in [0.25, 0.3) is 94.7 Å². The predicted octanol–water partition coefficient (Wildman–Crippen LogP) is 18.8. The molecule has 0 amide bonds. The molecule has 0 atom stereocenters. The maximum Gasteiger partial charge on any atom is 0.121 e. The molecule has 0 saturated heterocycles. The van der Waals surface area contributed by atoms with Crippen LogP contribution in [0.2, 0.25) is 19.6 Å². The van der Waals surface area contributed by atoms with Crippen LogP contribution in [0.4, 0.5) is 0 Å². The second-order valence-electron chi connectivity index (χ2n) is 23.7. The number of hydrogen-bond donors (Lipinski definition) is 0. The van der Waals surface area contributed by atoms with Crippen LogP contribution in [-0.2, 0) is 30.9 Å². The van der Waals surface area contributed by atoms with Crippen molar-refractivity contribution in [3.63, 3.8) is 0 Å². The second-order valence-corrected chi connectivity index (χ2v) is 28.8. The Morgan fingerprint density at radius 3 is 1.78 bits per heavy atom. The average Bonchev–Trinajstić information content (AvgIpc) is 4.23. The third kappa shape index (κ3) is 9.47. The Labute approximate surface area is 470 Å². The molecule has 0 N–H and O–H groups in total. The summed E-state index contributed by atoms with van der Waals surface area (Å²) in [5.41, 5.74) is 21.5. The first-order valence-electron chi connectivity index (χ1n) is 27.4. The van der Waals surface area contributed by atoms with Crippen LogP contribution in [0.5, 0.6) is 0 Å². The van der Waals surface area contributed by atoms with Gasteiger partial charge in [-0.25, -0.2) is 0 Å². The zero-order valence-electron chi connectivity index (χ0n) is 45.9. The van der Waals surface area contributed by atoms with Crippen LogP contribution in [0, 0.1) is 12.1 Å². The van der Waals surface area contributed by atoms with Gasteiger partial charge in [0.05, 0.1) is 30.5 Å². The van der Waals surface area contributed by atoms with Gasteiger partial charge in [-0.2, -0.15) is 0 Å². The molecule has 387 valence electrons. The fourth-order valence-corrected chi connectivity index (χ4v) is 13.3. The minimum atomic E-state index is -1.23. The van der Waals surface area contributed by atoms with Gasteiger partial charge in [0.15, 0.2) is 0 Å². The number of fused-ring (bicyclic) bond motifs is 6. The Morgan fingerprint density at radius 2 is 1.18 bits per heavy atom. The van der Waals surface area contributed by atoms with Crippen molar-refractivity contribution in [1.82, 2.24) is 14.5 Å². The zero-order valence-corrected chi connectivity index (χ0v) is 49.3. The van der Waals surface area contributed by atoms with Crippen molar-refractivity contribution in [3.8, 4) is 61.7 Å². The number of nitrogens with zero attached hydrogens (tertiary/aromatic N) is 3. The van der Waals surface area contributed by atoms with Crippen LogP contribution in [0.1, 0.15) is 101 Å². The number of rotatable bonds is 9. The zero-order chi connectivity index (χ0) is 52.5. The fourth-order valence-electron chi connectivity index (χ4n) is 12.2. The summed E-state index contributed by atoms with van der Waals surface area (Å²) in [4.78, 5) is 9.95. The summed E-state index contributed by atoms with van der Waals surface area (Å²) in [6.45, 7) is 21.4. The molecule has 0 aliphatic heterocycles. The first-order chi connectivity index (χ1) is 36.7. The summed E-state index contributed by atoms with van der Waals surface area (Å²) >= 11 is 0. The fraction of sp³-hybridized carbons (Fsp3) is 0.239. The van der Waals surface area contributed by atoms with Crippen LogP contribution in [0.3, 0.4) is 0 Å². The van der Waals surface area contributed by atoms with Gasteiger partial charge in [0, 0.05) is 37.4 Å². The van der Waals surface area contributed by atoms with Crippen molar-refractivity contribution >= 4 is 46.2 Å². The van der Waals surface area contributed by atoms with Crippen molar-refractivity contribution < 1.29 is 24.5 Å². The summed E-state index contributed by atoms with van der Waals surface area (Å²) in [7, 11) is -1.23. The Hall–Kier alpha value is -6.95. The molecule has 1 radical (unpaired) electrons. The van der Waals surface area contributed by atoms with E-state index < -0.39 is 8.07 Å². The van der Waals surface area contributed by atoms with Gasteiger partial charge >= 0.3 is 0 Å². The van der Waals surface area contributed by atoms with Gasteiger partial charge in [-0.05, 0) is 157 Å². The molecule has 4 nitrogen and oxygen atoms in total. The maximum atomic E-state index is 6.87. The third-order valence-electron chi connectivity index (χ3n) is 16.9. The van der Waals surface area contributed by atoms with Gasteiger partial charge in [-0.15, -0.1) is 54.1 Å². The van der Waals surface area contributed by atoms with Crippen LogP contribution in [0.15, 0.2) is 187 Å². The molecule has 3 aliphatic rings. The molecular formula is C71H67IrN3OSi-2. The van der Waals surface area contributed by atoms with Crippen molar-refractivity contribution in [1.29, 1.82) is 0 Å². The number of pyridine rings is 1. The smallest absolute Gasteiger partial charge is 0.121 e. The number of imidazole rings is 1. The normalized spacial score (nSPS) is 16.9. The molecule has 0 spiro atoms. The summed E-state index contributed by atoms with van der Waals surface area (Å²) in [6.07, 6.45) is 7.07. The van der Waals surface area contributed by atoms with E-state index >= 15 is 0 Å². The molecule has 3 aliphatic carbocycles. The molecule has 14 rings (SSSR count). The molecular weight excluding hydrogens is 1130 g/mol. The molecule has 1 saturated carbocycles. The maximum absolute atomic E-state index is 6.87. The van der Waals surface area contributed by atoms with Crippen molar-refractivity contribution in [2.75, 3.05) is 0 Å². The minimum absolute atomic E-state index is 0. The van der Waals surface area contributed by atoms with E-state index in [9.17, 15) is 0 Å². The van der Waals surface area contributed by atoms with Gasteiger partial charge in [-0.3, -0.25) is 4.98 Å². The van der Waals surface area contributed by atoms with Gasteiger partial charge in [-0.1, -0.05) is 169 Å². The van der Waals surface area contributed by atoms with E-state index in [1.165, 1.54) is 75.5 Å². The first-order valence-corrected chi connectivity index (χ1v) is 30.9. The summed E-state index contributed by atoms with van der Waals surface area (Å²) in [5.74, 6) is 1.31. The summed E-state index contributed by atoms with van der Waals surface area (Å²) in [5, 5.41) is 3.55. The number of hydrogen-bond acceptors (Lipinski definition) is 3. The quantitative estimate of drug-likeness (QED) is 0.107. The average molecular weight is 1200 g/mol. The Kier molecular flexibility index (Phi) is 13.8. The molecule has 77 heavy (non-hydrogen) atoms. The van der Waals surface area contributed by atoms with Crippen LogP contribution >= 0.6 is 0 Å². The molecule has 1 fully saturated rings. The SMILES string of the molecule is CC(C)c1cc(-c2cc3c(cc2-c2ccccc2)C2(C)CCC3(C)CC2)cc(C(C)C)c1-n1c(-c2[c-]ccc3c2oc2cc(-c4ccccc4)ccc23)nc2ccccc21.C[Si](C)(C)c1ccc(-c2[c-]cccc2)nc1.[Ir]. The first kappa shape index (κ1) is 52.1. The van der Waals surface area contributed by atoms with Crippen molar-refractivity contribution in [3.05, 3.63) is 217 Å². The number of benzene rings is 8. The summed E-state index contributed by atoms with van der Waals surface area (Å²) < 4.78 is 9.29. The molecule has 3 heterocycles. The standard InChI is InChI=1S/C57H51N2O.C14H16NSi.Ir/c1-35(2)44-30-40(47-34-49-48(33-46(47)38-18-11-8-12-19-38)56(5)26-28-57(49,6)29-27-56)31-45(36(3)4)53(44)59-51-23-14-13-22-50(51)58-55(59)43-21-15-20-42-41-25-24-39(32-52(41)60-54(42)43)37-16-9-7-10-17-37;1-16(2,3)13-9-10-14(15-11-13)12-7-5-4-6-8-12;/h7-20,22-25,30-36H,26-29H2,1-6H3;4-7,9-11H,1-3H3;/q2*-1;. The van der Waals surface area contributed by atoms with Gasteiger partial charge in [0.2, 0.25) is 0 Å². The monoisotopic (exact) mass is 1200 g/mol. The van der Waals surface area contributed by atoms with E-state index in [1.54, 1.807) is 11.1 Å². The molecule has 3 aromatic heterocycles. The van der Waals surface area contributed by atoms with E-state index in [2.05, 4.69) is 228 Å². The molecule has 8 aromatic carbocycles. The molecule has 11 aromatic rings. The van der Waals surface area contributed by atoms with E-state index in [0.29, 0.717) is 0 Å². The topological polar surface area (TPSA) is 43.9 Å². The van der Waals surface area contributed by atoms with Crippen LogP contribution in [-0.4, -0.2) is 22.6 Å². The van der Waals surface area contributed by atoms with Crippen LogP contribution < -0.4 is 5.19 Å². The molecule has 0 unspecified atom stereocenters. The number of para-hydroxylation sites is 2. The van der Waals surface area contributed by atoms with E-state index in [1.807, 2.05) is 36.5 Å². The Balaban J connectivity index is 0.000000319. The predicted molar refractivity (Wildman–Crippen MR) is 322 cm³/mol. The largest absolute Gasteiger partial charge is 0.501 e. The second kappa shape index (κ2) is 20.4. The number of furan rings is 1. The van der Waals surface area contributed by atoms with Gasteiger partial charge in [0.25, 0.3) is 0 Å². The van der Waals surface area contributed by atoms with Gasteiger partial charge < -0.3 is 14.0 Å².